The summed E-state index contributed by atoms with van der Waals surface area (Å²) in [6.07, 6.45) is -2.95. The lowest BCUT2D eigenvalue weighted by Crippen LogP contribution is -2.59. The average Bonchev–Trinajstić information content (AvgIpc) is 3.30. The summed E-state index contributed by atoms with van der Waals surface area (Å²) in [5, 5.41) is 11.6. The second-order valence-electron chi connectivity index (χ2n) is 10.5. The Morgan fingerprint density at radius 2 is 1.82 bits per heavy atom. The molecule has 4 aliphatic heterocycles. The van der Waals surface area contributed by atoms with E-state index in [4.69, 9.17) is 18.9 Å². The normalized spacial score (nSPS) is 58.2. The number of ether oxygens (including phenoxy) is 4. The molecule has 10 atom stereocenters. The summed E-state index contributed by atoms with van der Waals surface area (Å²) >= 11 is 0. The standard InChI is InChI=1S/C20H24O8/c1-7-11-12(27-14(7)23)13(22)19-9-5-8(17(2,3)4)18(19)6-10(21)26-16(18)28-20(11,19)15(24)25-9/h7-9,11-13,16,22H,5-6H2,1-4H3/t7-,8-,9?,11?,12?,13-,16?,18?,19?,20?/m0/s1. The van der Waals surface area contributed by atoms with Crippen molar-refractivity contribution in [3.63, 3.8) is 0 Å². The molecule has 7 unspecified atom stereocenters. The Balaban J connectivity index is 1.66. The second kappa shape index (κ2) is 4.41. The van der Waals surface area contributed by atoms with Gasteiger partial charge in [-0.1, -0.05) is 27.7 Å². The zero-order valence-electron chi connectivity index (χ0n) is 16.3. The molecule has 2 saturated carbocycles. The number of fused-ring (bicyclic) bond motifs is 1. The molecule has 0 radical (unpaired) electrons. The van der Waals surface area contributed by atoms with Crippen LogP contribution in [0.15, 0.2) is 0 Å². The molecule has 152 valence electrons. The summed E-state index contributed by atoms with van der Waals surface area (Å²) < 4.78 is 23.3. The monoisotopic (exact) mass is 392 g/mol. The fraction of sp³-hybridized carbons (Fsp3) is 0.850. The van der Waals surface area contributed by atoms with E-state index >= 15 is 0 Å². The maximum atomic E-state index is 13.3. The van der Waals surface area contributed by atoms with Crippen molar-refractivity contribution in [1.82, 2.24) is 0 Å². The molecule has 0 aromatic heterocycles. The molecule has 8 heteroatoms. The lowest BCUT2D eigenvalue weighted by atomic mass is 9.52. The smallest absolute Gasteiger partial charge is 0.340 e. The zero-order valence-corrected chi connectivity index (χ0v) is 16.3. The molecule has 6 fully saturated rings. The summed E-state index contributed by atoms with van der Waals surface area (Å²) in [4.78, 5) is 38.0. The van der Waals surface area contributed by atoms with E-state index in [1.807, 2.05) is 0 Å². The number of rotatable bonds is 0. The van der Waals surface area contributed by atoms with Crippen molar-refractivity contribution >= 4 is 17.9 Å². The minimum Gasteiger partial charge on any atom is -0.459 e. The number of carbonyl (C=O) groups excluding carboxylic acids is 3. The zero-order chi connectivity index (χ0) is 20.0. The Hall–Kier alpha value is -1.67. The molecule has 2 aliphatic carbocycles. The van der Waals surface area contributed by atoms with Crippen molar-refractivity contribution < 1.29 is 38.4 Å². The highest BCUT2D eigenvalue weighted by Crippen LogP contribution is 2.83. The molecule has 2 spiro atoms. The van der Waals surface area contributed by atoms with Crippen LogP contribution in [0, 0.1) is 34.0 Å². The molecular weight excluding hydrogens is 368 g/mol. The van der Waals surface area contributed by atoms with Crippen LogP contribution < -0.4 is 0 Å². The molecule has 0 amide bonds. The van der Waals surface area contributed by atoms with Crippen LogP contribution in [0.3, 0.4) is 0 Å². The number of hydrogen-bond donors (Lipinski definition) is 1. The van der Waals surface area contributed by atoms with Crippen molar-refractivity contribution in [2.75, 3.05) is 0 Å². The highest BCUT2D eigenvalue weighted by molar-refractivity contribution is 5.91. The van der Waals surface area contributed by atoms with Gasteiger partial charge in [0.2, 0.25) is 6.29 Å². The molecule has 1 N–H and O–H groups in total. The Morgan fingerprint density at radius 1 is 1.11 bits per heavy atom. The first-order valence-corrected chi connectivity index (χ1v) is 10.0. The van der Waals surface area contributed by atoms with Crippen molar-refractivity contribution in [3.8, 4) is 0 Å². The van der Waals surface area contributed by atoms with Crippen LogP contribution in [0.1, 0.15) is 40.5 Å². The van der Waals surface area contributed by atoms with Gasteiger partial charge in [-0.15, -0.1) is 0 Å². The first-order chi connectivity index (χ1) is 13.0. The van der Waals surface area contributed by atoms with E-state index in [-0.39, 0.29) is 17.8 Å². The van der Waals surface area contributed by atoms with E-state index in [2.05, 4.69) is 20.8 Å². The molecule has 28 heavy (non-hydrogen) atoms. The number of hydrogen-bond acceptors (Lipinski definition) is 8. The molecule has 0 aromatic rings. The molecule has 6 rings (SSSR count). The average molecular weight is 392 g/mol. The first-order valence-electron chi connectivity index (χ1n) is 10.0. The first kappa shape index (κ1) is 17.2. The minimum absolute atomic E-state index is 0.0628. The summed E-state index contributed by atoms with van der Waals surface area (Å²) in [6.45, 7) is 7.93. The van der Waals surface area contributed by atoms with E-state index in [1.54, 1.807) is 6.92 Å². The third-order valence-electron chi connectivity index (χ3n) is 8.71. The Morgan fingerprint density at radius 3 is 2.50 bits per heavy atom. The van der Waals surface area contributed by atoms with Crippen LogP contribution in [0.5, 0.6) is 0 Å². The van der Waals surface area contributed by atoms with Gasteiger partial charge in [-0.2, -0.15) is 0 Å². The van der Waals surface area contributed by atoms with Crippen LogP contribution >= 0.6 is 0 Å². The lowest BCUT2D eigenvalue weighted by Gasteiger charge is -2.46. The number of aliphatic hydroxyl groups is 1. The summed E-state index contributed by atoms with van der Waals surface area (Å²) in [5.41, 5.74) is -3.82. The third-order valence-corrected chi connectivity index (χ3v) is 8.71. The van der Waals surface area contributed by atoms with Crippen LogP contribution in [0.4, 0.5) is 0 Å². The van der Waals surface area contributed by atoms with Gasteiger partial charge in [0.25, 0.3) is 0 Å². The Kier molecular flexibility index (Phi) is 2.71. The molecule has 4 heterocycles. The van der Waals surface area contributed by atoms with Gasteiger partial charge >= 0.3 is 17.9 Å². The van der Waals surface area contributed by atoms with Crippen LogP contribution in [0.25, 0.3) is 0 Å². The van der Waals surface area contributed by atoms with Crippen LogP contribution in [-0.2, 0) is 33.3 Å². The molecular formula is C20H24O8. The van der Waals surface area contributed by atoms with E-state index < -0.39 is 70.8 Å². The van der Waals surface area contributed by atoms with Crippen molar-refractivity contribution in [3.05, 3.63) is 0 Å². The van der Waals surface area contributed by atoms with Gasteiger partial charge in [0.1, 0.15) is 18.3 Å². The van der Waals surface area contributed by atoms with Gasteiger partial charge < -0.3 is 24.1 Å². The summed E-state index contributed by atoms with van der Waals surface area (Å²) in [5.74, 6) is -2.76. The highest BCUT2D eigenvalue weighted by atomic mass is 16.7. The van der Waals surface area contributed by atoms with Crippen LogP contribution in [-0.4, -0.2) is 53.2 Å². The SMILES string of the molecule is C[C@@H]1C(=O)OC2C1C13OC4OC(=O)CC45[C@H](C(C)(C)C)CC(OC1=O)C35[C@H]2O. The lowest BCUT2D eigenvalue weighted by molar-refractivity contribution is -0.207. The predicted octanol–water partition coefficient (Wildman–Crippen LogP) is 0.545. The van der Waals surface area contributed by atoms with Gasteiger partial charge in [-0.25, -0.2) is 4.79 Å². The molecule has 0 aromatic carbocycles. The van der Waals surface area contributed by atoms with Gasteiger partial charge in [0.15, 0.2) is 5.60 Å². The maximum Gasteiger partial charge on any atom is 0.340 e. The van der Waals surface area contributed by atoms with E-state index in [0.29, 0.717) is 6.42 Å². The van der Waals surface area contributed by atoms with Crippen molar-refractivity contribution in [2.45, 2.75) is 70.7 Å². The molecule has 4 saturated heterocycles. The van der Waals surface area contributed by atoms with E-state index in [9.17, 15) is 19.5 Å². The van der Waals surface area contributed by atoms with E-state index in [0.717, 1.165) is 0 Å². The largest absolute Gasteiger partial charge is 0.459 e. The highest BCUT2D eigenvalue weighted by Gasteiger charge is 2.98. The summed E-state index contributed by atoms with van der Waals surface area (Å²) in [6, 6.07) is 0. The quantitative estimate of drug-likeness (QED) is 0.470. The van der Waals surface area contributed by atoms with Crippen LogP contribution in [0.2, 0.25) is 0 Å². The minimum atomic E-state index is -1.53. The number of esters is 3. The third kappa shape index (κ3) is 1.32. The Bertz CT molecular complexity index is 846. The summed E-state index contributed by atoms with van der Waals surface area (Å²) in [7, 11) is 0. The Labute approximate surface area is 161 Å². The fourth-order valence-electron chi connectivity index (χ4n) is 8.12. The maximum absolute atomic E-state index is 13.3. The van der Waals surface area contributed by atoms with Crippen molar-refractivity contribution in [1.29, 1.82) is 0 Å². The molecule has 8 nitrogen and oxygen atoms in total. The van der Waals surface area contributed by atoms with E-state index in [1.165, 1.54) is 0 Å². The number of aliphatic hydroxyl groups excluding tert-OH is 1. The topological polar surface area (TPSA) is 108 Å². The van der Waals surface area contributed by atoms with Gasteiger partial charge in [0, 0.05) is 0 Å². The van der Waals surface area contributed by atoms with Gasteiger partial charge in [-0.3, -0.25) is 9.59 Å². The van der Waals surface area contributed by atoms with Gasteiger partial charge in [-0.05, 0) is 17.8 Å². The van der Waals surface area contributed by atoms with Crippen molar-refractivity contribution in [2.24, 2.45) is 34.0 Å². The molecule has 0 bridgehead atoms. The van der Waals surface area contributed by atoms with Gasteiger partial charge in [0.05, 0.1) is 29.1 Å². The predicted molar refractivity (Wildman–Crippen MR) is 89.2 cm³/mol. The second-order valence-corrected chi connectivity index (χ2v) is 10.5. The fourth-order valence-corrected chi connectivity index (χ4v) is 8.12. The molecule has 6 aliphatic rings. The number of carbonyl (C=O) groups is 3.